The molecule has 0 saturated heterocycles. The molecule has 3 atom stereocenters. The number of hydrogen-bond donors (Lipinski definition) is 3. The lowest BCUT2D eigenvalue weighted by molar-refractivity contribution is -0.130. The van der Waals surface area contributed by atoms with E-state index in [0.717, 1.165) is 12.1 Å². The Labute approximate surface area is 272 Å². The first-order valence-corrected chi connectivity index (χ1v) is 17.2. The van der Waals surface area contributed by atoms with Gasteiger partial charge in [-0.3, -0.25) is 14.3 Å². The molecular weight excluding hydrogens is 628 g/mol. The van der Waals surface area contributed by atoms with Gasteiger partial charge in [0.05, 0.1) is 36.8 Å². The number of nitrogens with zero attached hydrogens (tertiary/aromatic N) is 3. The molecule has 1 aliphatic heterocycles. The van der Waals surface area contributed by atoms with Crippen LogP contribution < -0.4 is 24.8 Å². The van der Waals surface area contributed by atoms with Crippen LogP contribution in [0.4, 0.5) is 4.79 Å². The van der Waals surface area contributed by atoms with E-state index in [1.54, 1.807) is 36.2 Å². The fourth-order valence-electron chi connectivity index (χ4n) is 5.57. The number of carbonyl (C=O) groups excluding carboxylic acids is 3. The zero-order valence-corrected chi connectivity index (χ0v) is 27.0. The molecule has 2 aliphatic carbocycles. The van der Waals surface area contributed by atoms with Gasteiger partial charge in [0.2, 0.25) is 15.9 Å². The molecule has 3 heterocycles. The highest BCUT2D eigenvalue weighted by molar-refractivity contribution is 7.91. The van der Waals surface area contributed by atoms with Crippen molar-refractivity contribution >= 4 is 38.8 Å². The molecule has 3 aliphatic rings. The van der Waals surface area contributed by atoms with Crippen molar-refractivity contribution in [3.05, 3.63) is 54.4 Å². The summed E-state index contributed by atoms with van der Waals surface area (Å²) >= 11 is 0. The molecule has 6 rings (SSSR count). The van der Waals surface area contributed by atoms with Crippen LogP contribution in [-0.2, 0) is 24.3 Å². The van der Waals surface area contributed by atoms with Crippen molar-refractivity contribution in [1.82, 2.24) is 30.1 Å². The fourth-order valence-corrected chi connectivity index (χ4v) is 6.93. The molecule has 2 aromatic heterocycles. The van der Waals surface area contributed by atoms with Gasteiger partial charge in [-0.05, 0) is 63.6 Å². The monoisotopic (exact) mass is 666 g/mol. The Morgan fingerprint density at radius 3 is 2.77 bits per heavy atom. The van der Waals surface area contributed by atoms with Gasteiger partial charge in [-0.15, -0.1) is 0 Å². The molecular formula is C32H38N6O8S. The number of hydrogen-bond acceptors (Lipinski definition) is 10. The molecule has 0 spiro atoms. The maximum atomic E-state index is 13.7. The first-order chi connectivity index (χ1) is 22.6. The molecule has 14 nitrogen and oxygen atoms in total. The Bertz CT molecular complexity index is 1820. The van der Waals surface area contributed by atoms with Crippen LogP contribution in [0, 0.1) is 12.8 Å². The second kappa shape index (κ2) is 13.2. The van der Waals surface area contributed by atoms with E-state index in [-0.39, 0.29) is 26.1 Å². The van der Waals surface area contributed by atoms with Crippen LogP contribution >= 0.6 is 0 Å². The number of aryl methyl sites for hydroxylation is 1. The summed E-state index contributed by atoms with van der Waals surface area (Å²) in [6.07, 6.45) is 8.03. The lowest BCUT2D eigenvalue weighted by Gasteiger charge is -2.24. The van der Waals surface area contributed by atoms with Crippen molar-refractivity contribution in [2.75, 3.05) is 20.3 Å². The Hall–Kier alpha value is -4.66. The third-order valence-electron chi connectivity index (χ3n) is 8.53. The summed E-state index contributed by atoms with van der Waals surface area (Å²) in [7, 11) is -2.28. The van der Waals surface area contributed by atoms with Gasteiger partial charge >= 0.3 is 6.09 Å². The number of benzene rings is 1. The van der Waals surface area contributed by atoms with Crippen molar-refractivity contribution in [3.63, 3.8) is 0 Å². The Balaban J connectivity index is 1.23. The van der Waals surface area contributed by atoms with Crippen LogP contribution in [0.15, 0.2) is 48.7 Å². The number of amides is 3. The number of ether oxygens (including phenoxy) is 3. The number of carbonyl (C=O) groups is 3. The molecule has 2 fully saturated rings. The number of aromatic nitrogens is 3. The average Bonchev–Trinajstić information content (AvgIpc) is 3.97. The zero-order valence-electron chi connectivity index (χ0n) is 26.2. The van der Waals surface area contributed by atoms with E-state index in [1.807, 2.05) is 31.2 Å². The largest absolute Gasteiger partial charge is 0.497 e. The quantitative estimate of drug-likeness (QED) is 0.288. The summed E-state index contributed by atoms with van der Waals surface area (Å²) in [6.45, 7) is 2.04. The summed E-state index contributed by atoms with van der Waals surface area (Å²) in [6, 6.07) is 7.81. The highest BCUT2D eigenvalue weighted by Crippen LogP contribution is 2.45. The van der Waals surface area contributed by atoms with Gasteiger partial charge in [0.15, 0.2) is 5.82 Å². The minimum Gasteiger partial charge on any atom is -0.497 e. The second-order valence-corrected chi connectivity index (χ2v) is 14.1. The van der Waals surface area contributed by atoms with Gasteiger partial charge in [0, 0.05) is 36.1 Å². The van der Waals surface area contributed by atoms with Crippen molar-refractivity contribution in [3.8, 4) is 17.3 Å². The van der Waals surface area contributed by atoms with E-state index >= 15 is 0 Å². The van der Waals surface area contributed by atoms with Crippen LogP contribution in [0.2, 0.25) is 0 Å². The predicted octanol–water partition coefficient (Wildman–Crippen LogP) is 2.82. The molecule has 47 heavy (non-hydrogen) atoms. The number of sulfonamides is 1. The minimum atomic E-state index is -3.84. The SMILES string of the molecule is COc1ccc2c(OCC[C@@H]3NC(=O)OCCCC/C=C\C4C[C@@]4(C(=O)NS(=O)(=O)C4CC4)NC3=O)cc(-n3ccc(C)n3)nc2c1. The smallest absolute Gasteiger partial charge is 0.407 e. The van der Waals surface area contributed by atoms with E-state index in [4.69, 9.17) is 19.2 Å². The van der Waals surface area contributed by atoms with Crippen LogP contribution in [0.5, 0.6) is 11.5 Å². The van der Waals surface area contributed by atoms with Crippen molar-refractivity contribution < 1.29 is 37.0 Å². The van der Waals surface area contributed by atoms with E-state index < -0.39 is 50.7 Å². The molecule has 3 N–H and O–H groups in total. The van der Waals surface area contributed by atoms with E-state index in [9.17, 15) is 22.8 Å². The molecule has 3 amide bonds. The summed E-state index contributed by atoms with van der Waals surface area (Å²) in [4.78, 5) is 44.5. The van der Waals surface area contributed by atoms with Gasteiger partial charge in [-0.1, -0.05) is 12.2 Å². The molecule has 1 unspecified atom stereocenters. The van der Waals surface area contributed by atoms with Gasteiger partial charge in [-0.25, -0.2) is 22.9 Å². The van der Waals surface area contributed by atoms with Crippen molar-refractivity contribution in [2.24, 2.45) is 5.92 Å². The highest BCUT2D eigenvalue weighted by atomic mass is 32.2. The fraction of sp³-hybridized carbons (Fsp3) is 0.469. The number of allylic oxidation sites excluding steroid dienone is 1. The molecule has 2 saturated carbocycles. The van der Waals surface area contributed by atoms with E-state index in [0.29, 0.717) is 53.9 Å². The number of nitrogens with one attached hydrogen (secondary N) is 3. The van der Waals surface area contributed by atoms with Crippen molar-refractivity contribution in [1.29, 1.82) is 0 Å². The summed E-state index contributed by atoms with van der Waals surface area (Å²) in [5, 5.41) is 9.92. The second-order valence-electron chi connectivity index (χ2n) is 12.1. The molecule has 0 bridgehead atoms. The number of methoxy groups -OCH3 is 1. The highest BCUT2D eigenvalue weighted by Gasteiger charge is 2.61. The lowest BCUT2D eigenvalue weighted by Crippen LogP contribution is -2.57. The third kappa shape index (κ3) is 7.34. The number of rotatable bonds is 9. The number of pyridine rings is 1. The van der Waals surface area contributed by atoms with Crippen LogP contribution in [0.3, 0.4) is 0 Å². The van der Waals surface area contributed by atoms with E-state index in [1.165, 1.54) is 0 Å². The molecule has 3 aromatic rings. The third-order valence-corrected chi connectivity index (χ3v) is 10.3. The summed E-state index contributed by atoms with van der Waals surface area (Å²) in [5.74, 6) is -0.241. The number of cyclic esters (lactones) is 1. The summed E-state index contributed by atoms with van der Waals surface area (Å²) < 4.78 is 45.9. The normalized spacial score (nSPS) is 24.1. The first-order valence-electron chi connectivity index (χ1n) is 15.7. The standard InChI is InChI=1S/C32H38N6O8S/c1-20-12-14-38(36-20)28-18-27(24-11-8-22(44-2)17-26(24)33-28)45-16-13-25-29(39)35-32(30(40)37-47(42,43)23-9-10-23)19-21(32)7-5-3-4-6-15-46-31(41)34-25/h5,7-8,11-12,14,17-18,21,23,25H,3-4,6,9-10,13,15-16,19H2,1-2H3,(H,34,41)(H,35,39)(H,37,40)/b7-5-/t21?,25-,32+/m0/s1. The van der Waals surface area contributed by atoms with Crippen molar-refractivity contribution in [2.45, 2.75) is 68.7 Å². The van der Waals surface area contributed by atoms with E-state index in [2.05, 4.69) is 20.5 Å². The predicted molar refractivity (Wildman–Crippen MR) is 171 cm³/mol. The van der Waals surface area contributed by atoms with Crippen LogP contribution in [0.25, 0.3) is 16.7 Å². The van der Waals surface area contributed by atoms with Gasteiger partial charge in [0.1, 0.15) is 23.1 Å². The molecule has 1 aromatic carbocycles. The maximum Gasteiger partial charge on any atom is 0.407 e. The number of fused-ring (bicyclic) bond motifs is 2. The average molecular weight is 667 g/mol. The molecule has 0 radical (unpaired) electrons. The summed E-state index contributed by atoms with van der Waals surface area (Å²) in [5.41, 5.74) is -0.0474. The topological polar surface area (TPSA) is 180 Å². The van der Waals surface area contributed by atoms with Crippen LogP contribution in [0.1, 0.15) is 50.6 Å². The van der Waals surface area contributed by atoms with Gasteiger partial charge < -0.3 is 24.8 Å². The zero-order chi connectivity index (χ0) is 33.2. The van der Waals surface area contributed by atoms with Crippen LogP contribution in [-0.4, -0.2) is 78.2 Å². The molecule has 250 valence electrons. The Kier molecular flexibility index (Phi) is 9.08. The van der Waals surface area contributed by atoms with Gasteiger partial charge in [0.25, 0.3) is 5.91 Å². The molecule has 15 heteroatoms. The first kappa shape index (κ1) is 32.3. The number of alkyl carbamates (subject to hydrolysis) is 1. The Morgan fingerprint density at radius 1 is 1.19 bits per heavy atom. The van der Waals surface area contributed by atoms with Gasteiger partial charge in [-0.2, -0.15) is 5.10 Å². The Morgan fingerprint density at radius 2 is 2.02 bits per heavy atom. The maximum absolute atomic E-state index is 13.7. The lowest BCUT2D eigenvalue weighted by atomic mass is 10.1. The minimum absolute atomic E-state index is 0.00962.